The monoisotopic (exact) mass is 354 g/mol. The average Bonchev–Trinajstić information content (AvgIpc) is 3.22. The molecule has 1 aromatic heterocycles. The molecule has 1 amide bonds. The third-order valence-corrected chi connectivity index (χ3v) is 4.52. The standard InChI is InChI=1S/C19H18N2O5/c1-12(22)26-19(2)15-5-3-4-6-16(15)21(18(19)23)14-9-13(10-20-11-14)17-24-7-8-25-17/h3-6,9-11,17H,7-8H2,1-2H3/t19-/m1/s1. The SMILES string of the molecule is CC(=O)O[C@@]1(C)C(=O)N(c2cncc(C3OCCO3)c2)c2ccccc21. The number of rotatable bonds is 3. The number of pyridine rings is 1. The Bertz CT molecular complexity index is 878. The second-order valence-electron chi connectivity index (χ2n) is 6.33. The van der Waals surface area contributed by atoms with E-state index < -0.39 is 17.9 Å². The van der Waals surface area contributed by atoms with Crippen molar-refractivity contribution in [2.75, 3.05) is 18.1 Å². The molecule has 1 atom stereocenters. The van der Waals surface area contributed by atoms with Crippen molar-refractivity contribution in [3.8, 4) is 0 Å². The van der Waals surface area contributed by atoms with Gasteiger partial charge in [-0.3, -0.25) is 19.5 Å². The molecule has 26 heavy (non-hydrogen) atoms. The summed E-state index contributed by atoms with van der Waals surface area (Å²) in [7, 11) is 0. The first kappa shape index (κ1) is 16.7. The number of benzene rings is 1. The molecule has 4 rings (SSSR count). The lowest BCUT2D eigenvalue weighted by atomic mass is 9.97. The van der Waals surface area contributed by atoms with Crippen LogP contribution in [0, 0.1) is 0 Å². The van der Waals surface area contributed by atoms with Crippen molar-refractivity contribution < 1.29 is 23.8 Å². The minimum absolute atomic E-state index is 0.346. The molecule has 0 N–H and O–H groups in total. The summed E-state index contributed by atoms with van der Waals surface area (Å²) in [5, 5.41) is 0. The first-order valence-corrected chi connectivity index (χ1v) is 8.32. The van der Waals surface area contributed by atoms with E-state index in [1.54, 1.807) is 31.5 Å². The van der Waals surface area contributed by atoms with E-state index in [1.165, 1.54) is 11.8 Å². The van der Waals surface area contributed by atoms with E-state index in [0.29, 0.717) is 30.2 Å². The second-order valence-corrected chi connectivity index (χ2v) is 6.33. The summed E-state index contributed by atoms with van der Waals surface area (Å²) < 4.78 is 16.4. The van der Waals surface area contributed by atoms with Gasteiger partial charge in [-0.05, 0) is 19.1 Å². The Kier molecular flexibility index (Phi) is 3.97. The Hall–Kier alpha value is -2.77. The lowest BCUT2D eigenvalue weighted by molar-refractivity contribution is -0.163. The van der Waals surface area contributed by atoms with Gasteiger partial charge < -0.3 is 14.2 Å². The molecule has 0 radical (unpaired) electrons. The number of hydrogen-bond acceptors (Lipinski definition) is 6. The van der Waals surface area contributed by atoms with Gasteiger partial charge in [0, 0.05) is 24.2 Å². The summed E-state index contributed by atoms with van der Waals surface area (Å²) in [6.07, 6.45) is 2.75. The lowest BCUT2D eigenvalue weighted by Crippen LogP contribution is -2.39. The molecule has 2 aromatic rings. The number of esters is 1. The molecule has 1 fully saturated rings. The van der Waals surface area contributed by atoms with Gasteiger partial charge >= 0.3 is 5.97 Å². The van der Waals surface area contributed by atoms with Gasteiger partial charge in [0.1, 0.15) is 0 Å². The Morgan fingerprint density at radius 1 is 1.27 bits per heavy atom. The first-order chi connectivity index (χ1) is 12.5. The van der Waals surface area contributed by atoms with E-state index in [-0.39, 0.29) is 5.91 Å². The van der Waals surface area contributed by atoms with Crippen molar-refractivity contribution >= 4 is 23.3 Å². The molecule has 2 aliphatic heterocycles. The van der Waals surface area contributed by atoms with E-state index in [9.17, 15) is 9.59 Å². The molecule has 2 aliphatic rings. The predicted octanol–water partition coefficient (Wildman–Crippen LogP) is 2.58. The molecule has 0 saturated carbocycles. The van der Waals surface area contributed by atoms with Crippen molar-refractivity contribution in [3.05, 3.63) is 53.9 Å². The smallest absolute Gasteiger partial charge is 0.304 e. The molecule has 0 bridgehead atoms. The van der Waals surface area contributed by atoms with Crippen LogP contribution in [0.1, 0.15) is 31.3 Å². The number of amides is 1. The normalized spacial score (nSPS) is 22.5. The highest BCUT2D eigenvalue weighted by Gasteiger charge is 2.51. The fourth-order valence-electron chi connectivity index (χ4n) is 3.40. The minimum Gasteiger partial charge on any atom is -0.444 e. The van der Waals surface area contributed by atoms with E-state index in [0.717, 1.165) is 5.56 Å². The number of hydrogen-bond donors (Lipinski definition) is 0. The van der Waals surface area contributed by atoms with Crippen molar-refractivity contribution in [2.24, 2.45) is 0 Å². The maximum absolute atomic E-state index is 13.2. The number of ether oxygens (including phenoxy) is 3. The Labute approximate surface area is 150 Å². The van der Waals surface area contributed by atoms with Gasteiger partial charge in [-0.15, -0.1) is 0 Å². The quantitative estimate of drug-likeness (QED) is 0.789. The molecule has 7 nitrogen and oxygen atoms in total. The van der Waals surface area contributed by atoms with Crippen LogP contribution < -0.4 is 4.90 Å². The largest absolute Gasteiger partial charge is 0.444 e. The Morgan fingerprint density at radius 2 is 2.00 bits per heavy atom. The highest BCUT2D eigenvalue weighted by atomic mass is 16.7. The number of nitrogens with zero attached hydrogens (tertiary/aromatic N) is 2. The summed E-state index contributed by atoms with van der Waals surface area (Å²) in [6.45, 7) is 3.94. The first-order valence-electron chi connectivity index (χ1n) is 8.32. The van der Waals surface area contributed by atoms with E-state index in [1.807, 2.05) is 18.2 Å². The van der Waals surface area contributed by atoms with Crippen LogP contribution in [0.25, 0.3) is 0 Å². The number of carbonyl (C=O) groups excluding carboxylic acids is 2. The summed E-state index contributed by atoms with van der Waals surface area (Å²) >= 11 is 0. The van der Waals surface area contributed by atoms with Crippen LogP contribution in [0.2, 0.25) is 0 Å². The van der Waals surface area contributed by atoms with Gasteiger partial charge in [0.15, 0.2) is 6.29 Å². The molecule has 1 aromatic carbocycles. The van der Waals surface area contributed by atoms with Crippen molar-refractivity contribution in [3.63, 3.8) is 0 Å². The highest BCUT2D eigenvalue weighted by molar-refractivity contribution is 6.12. The zero-order valence-corrected chi connectivity index (χ0v) is 14.5. The van der Waals surface area contributed by atoms with Gasteiger partial charge in [-0.2, -0.15) is 0 Å². The van der Waals surface area contributed by atoms with Crippen molar-refractivity contribution in [1.82, 2.24) is 4.98 Å². The number of fused-ring (bicyclic) bond motifs is 1. The van der Waals surface area contributed by atoms with Crippen LogP contribution >= 0.6 is 0 Å². The molecule has 0 spiro atoms. The van der Waals surface area contributed by atoms with Crippen LogP contribution in [-0.2, 0) is 29.4 Å². The predicted molar refractivity (Wildman–Crippen MR) is 91.6 cm³/mol. The van der Waals surface area contributed by atoms with Crippen LogP contribution in [0.15, 0.2) is 42.7 Å². The lowest BCUT2D eigenvalue weighted by Gasteiger charge is -2.24. The molecular weight excluding hydrogens is 336 g/mol. The number of para-hydroxylation sites is 1. The maximum Gasteiger partial charge on any atom is 0.304 e. The van der Waals surface area contributed by atoms with Crippen LogP contribution in [0.4, 0.5) is 11.4 Å². The zero-order chi connectivity index (χ0) is 18.3. The zero-order valence-electron chi connectivity index (χ0n) is 14.5. The fraction of sp³-hybridized carbons (Fsp3) is 0.316. The van der Waals surface area contributed by atoms with Gasteiger partial charge in [0.25, 0.3) is 5.91 Å². The second kappa shape index (κ2) is 6.19. The Balaban J connectivity index is 1.79. The minimum atomic E-state index is -1.38. The molecule has 7 heteroatoms. The van der Waals surface area contributed by atoms with Gasteiger partial charge in [0.2, 0.25) is 5.60 Å². The molecular formula is C19H18N2O5. The van der Waals surface area contributed by atoms with Crippen LogP contribution in [0.5, 0.6) is 0 Å². The summed E-state index contributed by atoms with van der Waals surface area (Å²) in [5.74, 6) is -0.863. The topological polar surface area (TPSA) is 78.0 Å². The maximum atomic E-state index is 13.2. The van der Waals surface area contributed by atoms with E-state index >= 15 is 0 Å². The molecule has 134 valence electrons. The average molecular weight is 354 g/mol. The third-order valence-electron chi connectivity index (χ3n) is 4.52. The van der Waals surface area contributed by atoms with Crippen molar-refractivity contribution in [1.29, 1.82) is 0 Å². The number of anilines is 2. The summed E-state index contributed by atoms with van der Waals surface area (Å²) in [5.41, 5.74) is 1.22. The van der Waals surface area contributed by atoms with Crippen LogP contribution in [0.3, 0.4) is 0 Å². The molecule has 0 unspecified atom stereocenters. The molecule has 0 aliphatic carbocycles. The summed E-state index contributed by atoms with van der Waals surface area (Å²) in [4.78, 5) is 30.6. The number of carbonyl (C=O) groups is 2. The Morgan fingerprint density at radius 3 is 2.73 bits per heavy atom. The molecule has 1 saturated heterocycles. The van der Waals surface area contributed by atoms with Crippen LogP contribution in [-0.4, -0.2) is 30.1 Å². The van der Waals surface area contributed by atoms with E-state index in [4.69, 9.17) is 14.2 Å². The highest BCUT2D eigenvalue weighted by Crippen LogP contribution is 2.46. The molecule has 3 heterocycles. The van der Waals surface area contributed by atoms with E-state index in [2.05, 4.69) is 4.98 Å². The van der Waals surface area contributed by atoms with Crippen molar-refractivity contribution in [2.45, 2.75) is 25.7 Å². The van der Waals surface area contributed by atoms with Gasteiger partial charge in [0.05, 0.1) is 30.8 Å². The number of aromatic nitrogens is 1. The van der Waals surface area contributed by atoms with Gasteiger partial charge in [-0.25, -0.2) is 0 Å². The fourth-order valence-corrected chi connectivity index (χ4v) is 3.40. The van der Waals surface area contributed by atoms with Gasteiger partial charge in [-0.1, -0.05) is 18.2 Å². The third kappa shape index (κ3) is 2.56. The summed E-state index contributed by atoms with van der Waals surface area (Å²) in [6, 6.07) is 9.05.